The second-order valence-electron chi connectivity index (χ2n) is 4.32. The molecule has 0 fully saturated rings. The van der Waals surface area contributed by atoms with Crippen molar-refractivity contribution in [2.24, 2.45) is 0 Å². The monoisotopic (exact) mass is 221 g/mol. The Morgan fingerprint density at radius 2 is 1.88 bits per heavy atom. The number of hydrogen-bond acceptors (Lipinski definition) is 2. The van der Waals surface area contributed by atoms with Crippen LogP contribution in [0.3, 0.4) is 0 Å². The van der Waals surface area contributed by atoms with Crippen molar-refractivity contribution >= 4 is 0 Å². The minimum absolute atomic E-state index is 0.523. The number of nitrogens with one attached hydrogen (secondary N) is 1. The van der Waals surface area contributed by atoms with E-state index < -0.39 is 0 Å². The van der Waals surface area contributed by atoms with Gasteiger partial charge in [0.15, 0.2) is 0 Å². The van der Waals surface area contributed by atoms with E-state index in [-0.39, 0.29) is 0 Å². The van der Waals surface area contributed by atoms with Crippen LogP contribution in [0.4, 0.5) is 0 Å². The van der Waals surface area contributed by atoms with Gasteiger partial charge in [0.05, 0.1) is 6.61 Å². The van der Waals surface area contributed by atoms with Crippen molar-refractivity contribution in [2.75, 3.05) is 13.2 Å². The molecule has 1 aromatic rings. The van der Waals surface area contributed by atoms with Gasteiger partial charge in [-0.15, -0.1) is 0 Å². The average Bonchev–Trinajstić information content (AvgIpc) is 2.23. The van der Waals surface area contributed by atoms with E-state index in [4.69, 9.17) is 4.74 Å². The van der Waals surface area contributed by atoms with Gasteiger partial charge in [0.2, 0.25) is 0 Å². The highest BCUT2D eigenvalue weighted by atomic mass is 16.5. The number of hydrogen-bond donors (Lipinski definition) is 1. The number of ether oxygens (including phenoxy) is 1. The summed E-state index contributed by atoms with van der Waals surface area (Å²) in [7, 11) is 0. The molecule has 0 aliphatic carbocycles. The molecule has 1 aromatic carbocycles. The van der Waals surface area contributed by atoms with Crippen molar-refractivity contribution in [2.45, 2.75) is 40.2 Å². The molecular formula is C14H23NO. The van der Waals surface area contributed by atoms with E-state index >= 15 is 0 Å². The molecule has 16 heavy (non-hydrogen) atoms. The first-order chi connectivity index (χ1) is 7.65. The van der Waals surface area contributed by atoms with E-state index in [2.05, 4.69) is 51.2 Å². The summed E-state index contributed by atoms with van der Waals surface area (Å²) >= 11 is 0. The molecule has 1 rings (SSSR count). The van der Waals surface area contributed by atoms with Crippen molar-refractivity contribution in [3.63, 3.8) is 0 Å². The minimum Gasteiger partial charge on any atom is -0.493 e. The lowest BCUT2D eigenvalue weighted by Gasteiger charge is -2.15. The molecule has 2 heteroatoms. The molecular weight excluding hydrogens is 198 g/mol. The van der Waals surface area contributed by atoms with Gasteiger partial charge < -0.3 is 10.1 Å². The van der Waals surface area contributed by atoms with E-state index in [0.717, 1.165) is 25.3 Å². The van der Waals surface area contributed by atoms with Crippen LogP contribution < -0.4 is 10.1 Å². The zero-order valence-electron chi connectivity index (χ0n) is 10.8. The summed E-state index contributed by atoms with van der Waals surface area (Å²) < 4.78 is 5.84. The van der Waals surface area contributed by atoms with Gasteiger partial charge in [-0.3, -0.25) is 0 Å². The zero-order chi connectivity index (χ0) is 12.0. The van der Waals surface area contributed by atoms with E-state index in [0.29, 0.717) is 6.04 Å². The molecule has 0 bridgehead atoms. The fourth-order valence-electron chi connectivity index (χ4n) is 1.82. The predicted molar refractivity (Wildman–Crippen MR) is 69.2 cm³/mol. The first-order valence-corrected chi connectivity index (χ1v) is 6.07. The molecule has 0 radical (unpaired) electrons. The Kier molecular flexibility index (Phi) is 5.33. The van der Waals surface area contributed by atoms with Gasteiger partial charge >= 0.3 is 0 Å². The molecule has 0 amide bonds. The van der Waals surface area contributed by atoms with Crippen LogP contribution in [0.1, 0.15) is 31.4 Å². The Morgan fingerprint density at radius 1 is 1.25 bits per heavy atom. The third-order valence-corrected chi connectivity index (χ3v) is 2.76. The summed E-state index contributed by atoms with van der Waals surface area (Å²) in [4.78, 5) is 0. The summed E-state index contributed by atoms with van der Waals surface area (Å²) in [6.45, 7) is 10.3. The Morgan fingerprint density at radius 3 is 2.44 bits per heavy atom. The lowest BCUT2D eigenvalue weighted by molar-refractivity contribution is 0.288. The van der Waals surface area contributed by atoms with E-state index in [1.807, 2.05) is 0 Å². The Bertz CT molecular complexity index is 302. The van der Waals surface area contributed by atoms with Gasteiger partial charge in [-0.05, 0) is 44.9 Å². The van der Waals surface area contributed by atoms with Crippen molar-refractivity contribution < 1.29 is 4.74 Å². The predicted octanol–water partition coefficient (Wildman–Crippen LogP) is 3.07. The van der Waals surface area contributed by atoms with Crippen molar-refractivity contribution in [1.82, 2.24) is 5.32 Å². The summed E-state index contributed by atoms with van der Waals surface area (Å²) in [5.74, 6) is 1.05. The average molecular weight is 221 g/mol. The standard InChI is InChI=1S/C14H23NO/c1-5-15-13(4)9-10-16-14-11(2)7-6-8-12(14)3/h6-8,13,15H,5,9-10H2,1-4H3. The highest BCUT2D eigenvalue weighted by Crippen LogP contribution is 2.22. The highest BCUT2D eigenvalue weighted by molar-refractivity contribution is 5.39. The van der Waals surface area contributed by atoms with Gasteiger partial charge in [0, 0.05) is 6.04 Å². The third-order valence-electron chi connectivity index (χ3n) is 2.76. The third kappa shape index (κ3) is 3.86. The van der Waals surface area contributed by atoms with Gasteiger partial charge in [-0.2, -0.15) is 0 Å². The Balaban J connectivity index is 2.43. The van der Waals surface area contributed by atoms with Gasteiger partial charge in [0.25, 0.3) is 0 Å². The first kappa shape index (κ1) is 13.0. The first-order valence-electron chi connectivity index (χ1n) is 6.07. The maximum absolute atomic E-state index is 5.84. The van der Waals surface area contributed by atoms with Crippen LogP contribution in [0, 0.1) is 13.8 Å². The molecule has 0 aromatic heterocycles. The van der Waals surface area contributed by atoms with E-state index in [1.165, 1.54) is 11.1 Å². The topological polar surface area (TPSA) is 21.3 Å². The summed E-state index contributed by atoms with van der Waals surface area (Å²) in [6.07, 6.45) is 1.04. The second kappa shape index (κ2) is 6.54. The molecule has 90 valence electrons. The van der Waals surface area contributed by atoms with Gasteiger partial charge in [-0.25, -0.2) is 0 Å². The number of benzene rings is 1. The number of rotatable bonds is 6. The molecule has 0 saturated heterocycles. The van der Waals surface area contributed by atoms with Crippen LogP contribution >= 0.6 is 0 Å². The smallest absolute Gasteiger partial charge is 0.125 e. The molecule has 1 atom stereocenters. The van der Waals surface area contributed by atoms with Crippen LogP contribution in [0.2, 0.25) is 0 Å². The molecule has 1 unspecified atom stereocenters. The molecule has 1 N–H and O–H groups in total. The fraction of sp³-hybridized carbons (Fsp3) is 0.571. The van der Waals surface area contributed by atoms with Crippen LogP contribution in [0.25, 0.3) is 0 Å². The van der Waals surface area contributed by atoms with E-state index in [1.54, 1.807) is 0 Å². The normalized spacial score (nSPS) is 12.5. The number of aryl methyl sites for hydroxylation is 2. The molecule has 0 aliphatic rings. The summed E-state index contributed by atoms with van der Waals surface area (Å²) in [5, 5.41) is 3.38. The van der Waals surface area contributed by atoms with Crippen molar-refractivity contribution in [3.05, 3.63) is 29.3 Å². The van der Waals surface area contributed by atoms with Crippen LogP contribution in [-0.2, 0) is 0 Å². The fourth-order valence-corrected chi connectivity index (χ4v) is 1.82. The van der Waals surface area contributed by atoms with Crippen LogP contribution in [0.5, 0.6) is 5.75 Å². The highest BCUT2D eigenvalue weighted by Gasteiger charge is 2.04. The van der Waals surface area contributed by atoms with E-state index in [9.17, 15) is 0 Å². The zero-order valence-corrected chi connectivity index (χ0v) is 10.8. The van der Waals surface area contributed by atoms with Crippen molar-refractivity contribution in [3.8, 4) is 5.75 Å². The molecule has 2 nitrogen and oxygen atoms in total. The lowest BCUT2D eigenvalue weighted by Crippen LogP contribution is -2.27. The Labute approximate surface area is 99.0 Å². The minimum atomic E-state index is 0.523. The van der Waals surface area contributed by atoms with Crippen LogP contribution in [-0.4, -0.2) is 19.2 Å². The van der Waals surface area contributed by atoms with Gasteiger partial charge in [-0.1, -0.05) is 25.1 Å². The van der Waals surface area contributed by atoms with Crippen LogP contribution in [0.15, 0.2) is 18.2 Å². The van der Waals surface area contributed by atoms with Gasteiger partial charge in [0.1, 0.15) is 5.75 Å². The molecule has 0 saturated carbocycles. The van der Waals surface area contributed by atoms with Crippen molar-refractivity contribution in [1.29, 1.82) is 0 Å². The summed E-state index contributed by atoms with van der Waals surface area (Å²) in [6, 6.07) is 6.78. The quantitative estimate of drug-likeness (QED) is 0.797. The summed E-state index contributed by atoms with van der Waals surface area (Å²) in [5.41, 5.74) is 2.44. The molecule has 0 heterocycles. The maximum Gasteiger partial charge on any atom is 0.125 e. The Hall–Kier alpha value is -1.02. The number of para-hydroxylation sites is 1. The largest absolute Gasteiger partial charge is 0.493 e. The molecule has 0 spiro atoms. The SMILES string of the molecule is CCNC(C)CCOc1c(C)cccc1C. The lowest BCUT2D eigenvalue weighted by atomic mass is 10.1. The second-order valence-corrected chi connectivity index (χ2v) is 4.32. The maximum atomic E-state index is 5.84. The molecule has 0 aliphatic heterocycles.